The molecule has 0 bridgehead atoms. The van der Waals surface area contributed by atoms with Crippen LogP contribution in [0, 0.1) is 6.92 Å². The zero-order valence-electron chi connectivity index (χ0n) is 11.5. The van der Waals surface area contributed by atoms with Gasteiger partial charge in [0, 0.05) is 6.04 Å². The molecule has 0 radical (unpaired) electrons. The molecule has 0 aliphatic rings. The topological polar surface area (TPSA) is 41.5 Å². The third-order valence-corrected chi connectivity index (χ3v) is 3.18. The first-order chi connectivity index (χ1) is 8.69. The van der Waals surface area contributed by atoms with Crippen molar-refractivity contribution in [3.63, 3.8) is 0 Å². The summed E-state index contributed by atoms with van der Waals surface area (Å²) in [4.78, 5) is 0. The van der Waals surface area contributed by atoms with Crippen molar-refractivity contribution < 1.29 is 9.84 Å². The van der Waals surface area contributed by atoms with E-state index in [-0.39, 0.29) is 25.1 Å². The molecule has 1 unspecified atom stereocenters. The van der Waals surface area contributed by atoms with E-state index in [9.17, 15) is 0 Å². The highest BCUT2D eigenvalue weighted by atomic mass is 35.5. The van der Waals surface area contributed by atoms with Gasteiger partial charge in [-0.3, -0.25) is 0 Å². The lowest BCUT2D eigenvalue weighted by atomic mass is 10.2. The Labute approximate surface area is 126 Å². The minimum atomic E-state index is 0. The predicted molar refractivity (Wildman–Crippen MR) is 82.7 cm³/mol. The number of aliphatic hydroxyl groups is 1. The summed E-state index contributed by atoms with van der Waals surface area (Å²) in [7, 11) is 0. The van der Waals surface area contributed by atoms with E-state index in [1.54, 1.807) is 0 Å². The molecule has 3 nitrogen and oxygen atoms in total. The van der Waals surface area contributed by atoms with Crippen molar-refractivity contribution in [2.45, 2.75) is 32.7 Å². The molecule has 1 aromatic rings. The van der Waals surface area contributed by atoms with Gasteiger partial charge in [0.25, 0.3) is 0 Å². The van der Waals surface area contributed by atoms with Gasteiger partial charge in [-0.05, 0) is 37.9 Å². The molecule has 0 fully saturated rings. The van der Waals surface area contributed by atoms with Crippen LogP contribution in [0.2, 0.25) is 5.02 Å². The number of rotatable bonds is 8. The van der Waals surface area contributed by atoms with E-state index < -0.39 is 0 Å². The number of hydrogen-bond acceptors (Lipinski definition) is 3. The Morgan fingerprint density at radius 2 is 2.16 bits per heavy atom. The maximum absolute atomic E-state index is 9.02. The summed E-state index contributed by atoms with van der Waals surface area (Å²) in [6, 6.07) is 5.92. The second-order valence-corrected chi connectivity index (χ2v) is 4.74. The van der Waals surface area contributed by atoms with Crippen molar-refractivity contribution in [1.29, 1.82) is 0 Å². The molecule has 0 aliphatic carbocycles. The number of ether oxygens (including phenoxy) is 1. The second-order valence-electron chi connectivity index (χ2n) is 4.33. The van der Waals surface area contributed by atoms with Crippen LogP contribution < -0.4 is 10.1 Å². The largest absolute Gasteiger partial charge is 0.492 e. The second kappa shape index (κ2) is 10.3. The first kappa shape index (κ1) is 18.5. The van der Waals surface area contributed by atoms with Gasteiger partial charge in [0.1, 0.15) is 5.75 Å². The van der Waals surface area contributed by atoms with Crippen LogP contribution in [0.1, 0.15) is 25.3 Å². The number of nitrogens with one attached hydrogen (secondary N) is 1. The van der Waals surface area contributed by atoms with Gasteiger partial charge in [-0.15, -0.1) is 12.4 Å². The van der Waals surface area contributed by atoms with Crippen LogP contribution in [0.15, 0.2) is 18.2 Å². The van der Waals surface area contributed by atoms with E-state index in [0.717, 1.165) is 30.7 Å². The normalized spacial score (nSPS) is 11.8. The molecule has 0 saturated carbocycles. The summed E-state index contributed by atoms with van der Waals surface area (Å²) in [6.07, 6.45) is 1.82. The lowest BCUT2D eigenvalue weighted by molar-refractivity contribution is 0.234. The van der Waals surface area contributed by atoms with Gasteiger partial charge in [0.15, 0.2) is 0 Å². The van der Waals surface area contributed by atoms with E-state index in [0.29, 0.717) is 11.6 Å². The fourth-order valence-corrected chi connectivity index (χ4v) is 1.97. The number of aliphatic hydroxyl groups excluding tert-OH is 1. The van der Waals surface area contributed by atoms with E-state index in [4.69, 9.17) is 21.4 Å². The molecule has 1 aromatic carbocycles. The van der Waals surface area contributed by atoms with Crippen LogP contribution >= 0.6 is 24.0 Å². The highest BCUT2D eigenvalue weighted by Gasteiger charge is 2.05. The summed E-state index contributed by atoms with van der Waals surface area (Å²) in [5.41, 5.74) is 1.05. The number of hydrogen-bond donors (Lipinski definition) is 2. The fraction of sp³-hybridized carbons (Fsp3) is 0.571. The van der Waals surface area contributed by atoms with Gasteiger partial charge in [0.05, 0.1) is 18.2 Å². The third-order valence-electron chi connectivity index (χ3n) is 2.88. The van der Waals surface area contributed by atoms with Gasteiger partial charge in [-0.25, -0.2) is 0 Å². The molecule has 0 saturated heterocycles. The first-order valence-corrected chi connectivity index (χ1v) is 6.79. The monoisotopic (exact) mass is 307 g/mol. The fourth-order valence-electron chi connectivity index (χ4n) is 1.69. The SMILES string of the molecule is CCC(CO)NCCCOc1c(C)cccc1Cl.Cl. The van der Waals surface area contributed by atoms with Crippen molar-refractivity contribution in [3.05, 3.63) is 28.8 Å². The standard InChI is InChI=1S/C14H22ClNO2.ClH/c1-3-12(10-17)16-8-5-9-18-14-11(2)6-4-7-13(14)15;/h4,6-7,12,16-17H,3,5,8-10H2,1-2H3;1H. The lowest BCUT2D eigenvalue weighted by Gasteiger charge is -2.14. The Morgan fingerprint density at radius 1 is 1.42 bits per heavy atom. The Hall–Kier alpha value is -0.480. The van der Waals surface area contributed by atoms with Crippen molar-refractivity contribution in [2.75, 3.05) is 19.8 Å². The van der Waals surface area contributed by atoms with E-state index in [1.165, 1.54) is 0 Å². The van der Waals surface area contributed by atoms with Crippen LogP contribution in [0.25, 0.3) is 0 Å². The van der Waals surface area contributed by atoms with Crippen molar-refractivity contribution in [3.8, 4) is 5.75 Å². The molecule has 1 atom stereocenters. The zero-order valence-corrected chi connectivity index (χ0v) is 13.1. The van der Waals surface area contributed by atoms with Crippen molar-refractivity contribution in [2.24, 2.45) is 0 Å². The smallest absolute Gasteiger partial charge is 0.140 e. The van der Waals surface area contributed by atoms with Crippen LogP contribution in [0.5, 0.6) is 5.75 Å². The highest BCUT2D eigenvalue weighted by molar-refractivity contribution is 6.32. The maximum Gasteiger partial charge on any atom is 0.140 e. The first-order valence-electron chi connectivity index (χ1n) is 6.41. The molecular formula is C14H23Cl2NO2. The molecule has 110 valence electrons. The Morgan fingerprint density at radius 3 is 2.74 bits per heavy atom. The molecule has 0 spiro atoms. The van der Waals surface area contributed by atoms with Gasteiger partial charge < -0.3 is 15.2 Å². The molecule has 0 amide bonds. The van der Waals surface area contributed by atoms with E-state index in [1.807, 2.05) is 25.1 Å². The minimum Gasteiger partial charge on any atom is -0.492 e. The molecule has 5 heteroatoms. The lowest BCUT2D eigenvalue weighted by Crippen LogP contribution is -2.33. The number of aryl methyl sites for hydroxylation is 1. The quantitative estimate of drug-likeness (QED) is 0.725. The van der Waals surface area contributed by atoms with Crippen LogP contribution in [-0.2, 0) is 0 Å². The Bertz CT molecular complexity index is 337. The summed E-state index contributed by atoms with van der Waals surface area (Å²) >= 11 is 6.06. The van der Waals surface area contributed by atoms with Gasteiger partial charge >= 0.3 is 0 Å². The number of halogens is 2. The number of benzene rings is 1. The summed E-state index contributed by atoms with van der Waals surface area (Å²) in [6.45, 7) is 5.68. The molecule has 0 heterocycles. The minimum absolute atomic E-state index is 0. The van der Waals surface area contributed by atoms with Crippen LogP contribution in [0.4, 0.5) is 0 Å². The van der Waals surface area contributed by atoms with Crippen LogP contribution in [0.3, 0.4) is 0 Å². The predicted octanol–water partition coefficient (Wildman–Crippen LogP) is 3.20. The summed E-state index contributed by atoms with van der Waals surface area (Å²) in [5, 5.41) is 13.0. The highest BCUT2D eigenvalue weighted by Crippen LogP contribution is 2.27. The Balaban J connectivity index is 0.00000324. The summed E-state index contributed by atoms with van der Waals surface area (Å²) < 4.78 is 5.68. The van der Waals surface area contributed by atoms with Crippen molar-refractivity contribution >= 4 is 24.0 Å². The molecule has 0 aromatic heterocycles. The molecule has 0 aliphatic heterocycles. The van der Waals surface area contributed by atoms with Gasteiger partial charge in [0.2, 0.25) is 0 Å². The summed E-state index contributed by atoms with van der Waals surface area (Å²) in [5.74, 6) is 0.772. The van der Waals surface area contributed by atoms with E-state index in [2.05, 4.69) is 12.2 Å². The third kappa shape index (κ3) is 6.48. The maximum atomic E-state index is 9.02. The molecule has 19 heavy (non-hydrogen) atoms. The average molecular weight is 308 g/mol. The average Bonchev–Trinajstić information content (AvgIpc) is 2.37. The Kier molecular flexibility index (Phi) is 10.1. The zero-order chi connectivity index (χ0) is 13.4. The molecular weight excluding hydrogens is 285 g/mol. The molecule has 2 N–H and O–H groups in total. The van der Waals surface area contributed by atoms with E-state index >= 15 is 0 Å². The molecule has 1 rings (SSSR count). The van der Waals surface area contributed by atoms with Crippen molar-refractivity contribution in [1.82, 2.24) is 5.32 Å². The van der Waals surface area contributed by atoms with Gasteiger partial charge in [-0.2, -0.15) is 0 Å². The number of para-hydroxylation sites is 1. The van der Waals surface area contributed by atoms with Gasteiger partial charge in [-0.1, -0.05) is 30.7 Å². The van der Waals surface area contributed by atoms with Crippen LogP contribution in [-0.4, -0.2) is 30.9 Å².